The third kappa shape index (κ3) is 3.10. The van der Waals surface area contributed by atoms with Crippen molar-refractivity contribution in [3.63, 3.8) is 0 Å². The van der Waals surface area contributed by atoms with Gasteiger partial charge in [-0.05, 0) is 30.7 Å². The van der Waals surface area contributed by atoms with E-state index >= 15 is 0 Å². The molecule has 1 aliphatic rings. The van der Waals surface area contributed by atoms with Crippen molar-refractivity contribution in [1.29, 1.82) is 0 Å². The number of H-pyrrole nitrogens is 1. The molecule has 0 radical (unpaired) electrons. The van der Waals surface area contributed by atoms with E-state index in [0.29, 0.717) is 42.4 Å². The zero-order valence-electron chi connectivity index (χ0n) is 13.8. The second kappa shape index (κ2) is 6.25. The van der Waals surface area contributed by atoms with E-state index in [1.807, 2.05) is 0 Å². The number of fused-ring (bicyclic) bond motifs is 1. The summed E-state index contributed by atoms with van der Waals surface area (Å²) < 4.78 is 18.5. The van der Waals surface area contributed by atoms with Crippen molar-refractivity contribution in [3.05, 3.63) is 69.3 Å². The Bertz CT molecular complexity index is 966. The van der Waals surface area contributed by atoms with Gasteiger partial charge < -0.3 is 9.40 Å². The van der Waals surface area contributed by atoms with Gasteiger partial charge in [0.15, 0.2) is 11.6 Å². The number of pyridine rings is 1. The van der Waals surface area contributed by atoms with Crippen molar-refractivity contribution >= 4 is 0 Å². The maximum Gasteiger partial charge on any atom is 0.256 e. The van der Waals surface area contributed by atoms with Crippen LogP contribution >= 0.6 is 0 Å². The molecule has 128 valence electrons. The van der Waals surface area contributed by atoms with Crippen LogP contribution in [0, 0.1) is 12.9 Å². The van der Waals surface area contributed by atoms with Gasteiger partial charge in [0.2, 0.25) is 5.95 Å². The fraction of sp³-hybridized carbons (Fsp3) is 0.278. The van der Waals surface area contributed by atoms with Gasteiger partial charge in [0.25, 0.3) is 5.56 Å². The molecule has 3 aromatic rings. The number of hydrogen-bond acceptors (Lipinski definition) is 5. The van der Waals surface area contributed by atoms with E-state index in [1.54, 1.807) is 31.4 Å². The van der Waals surface area contributed by atoms with Crippen LogP contribution in [0.2, 0.25) is 0 Å². The number of aromatic nitrogens is 3. The lowest BCUT2D eigenvalue weighted by Gasteiger charge is -2.28. The molecular weight excluding hydrogens is 323 g/mol. The predicted molar refractivity (Wildman–Crippen MR) is 89.3 cm³/mol. The molecule has 4 heterocycles. The first-order valence-corrected chi connectivity index (χ1v) is 8.10. The Morgan fingerprint density at radius 2 is 2.20 bits per heavy atom. The molecule has 0 aromatic carbocycles. The molecule has 6 nitrogen and oxygen atoms in total. The van der Waals surface area contributed by atoms with Crippen LogP contribution < -0.4 is 5.56 Å². The van der Waals surface area contributed by atoms with Crippen molar-refractivity contribution in [3.8, 4) is 11.6 Å². The molecule has 4 rings (SSSR count). The number of furan rings is 1. The van der Waals surface area contributed by atoms with Gasteiger partial charge in [0.1, 0.15) is 0 Å². The molecule has 7 heteroatoms. The topological polar surface area (TPSA) is 75.0 Å². The smallest absolute Gasteiger partial charge is 0.256 e. The number of nitrogens with one attached hydrogen (secondary N) is 1. The van der Waals surface area contributed by atoms with Crippen LogP contribution in [-0.2, 0) is 19.5 Å². The first-order valence-electron chi connectivity index (χ1n) is 8.10. The lowest BCUT2D eigenvalue weighted by Crippen LogP contribution is -2.35. The molecule has 0 aliphatic carbocycles. The molecule has 1 N–H and O–H groups in total. The predicted octanol–water partition coefficient (Wildman–Crippen LogP) is 2.43. The van der Waals surface area contributed by atoms with Gasteiger partial charge in [-0.25, -0.2) is 9.97 Å². The minimum absolute atomic E-state index is 0.143. The molecule has 3 aromatic heterocycles. The highest BCUT2D eigenvalue weighted by Gasteiger charge is 2.22. The van der Waals surface area contributed by atoms with E-state index in [0.717, 1.165) is 17.8 Å². The van der Waals surface area contributed by atoms with E-state index in [4.69, 9.17) is 4.42 Å². The van der Waals surface area contributed by atoms with Gasteiger partial charge in [-0.1, -0.05) is 6.07 Å². The molecule has 25 heavy (non-hydrogen) atoms. The number of rotatable bonds is 3. The van der Waals surface area contributed by atoms with Crippen LogP contribution in [0.15, 0.2) is 39.7 Å². The zero-order chi connectivity index (χ0) is 17.4. The number of hydrogen-bond donors (Lipinski definition) is 1. The maximum atomic E-state index is 13.1. The Kier molecular flexibility index (Phi) is 3.93. The Balaban J connectivity index is 1.58. The highest BCUT2D eigenvalue weighted by Crippen LogP contribution is 2.20. The Morgan fingerprint density at radius 1 is 1.32 bits per heavy atom. The minimum Gasteiger partial charge on any atom is -0.461 e. The quantitative estimate of drug-likeness (QED) is 0.741. The van der Waals surface area contributed by atoms with E-state index < -0.39 is 5.95 Å². The van der Waals surface area contributed by atoms with Crippen molar-refractivity contribution < 1.29 is 8.81 Å². The molecule has 1 aliphatic heterocycles. The molecule has 0 atom stereocenters. The monoisotopic (exact) mass is 340 g/mol. The van der Waals surface area contributed by atoms with Crippen LogP contribution in [0.5, 0.6) is 0 Å². The first kappa shape index (κ1) is 15.7. The highest BCUT2D eigenvalue weighted by atomic mass is 19.1. The van der Waals surface area contributed by atoms with Crippen LogP contribution in [-0.4, -0.2) is 26.4 Å². The molecule has 0 saturated carbocycles. The molecule has 0 spiro atoms. The molecule has 0 bridgehead atoms. The van der Waals surface area contributed by atoms with Gasteiger partial charge in [-0.15, -0.1) is 0 Å². The van der Waals surface area contributed by atoms with Crippen LogP contribution in [0.1, 0.15) is 22.5 Å². The second-order valence-electron chi connectivity index (χ2n) is 6.16. The Labute approximate surface area is 143 Å². The molecule has 0 fully saturated rings. The fourth-order valence-corrected chi connectivity index (χ4v) is 3.11. The summed E-state index contributed by atoms with van der Waals surface area (Å²) in [5.74, 6) is 0.535. The normalized spacial score (nSPS) is 14.5. The van der Waals surface area contributed by atoms with Gasteiger partial charge in [-0.3, -0.25) is 9.69 Å². The van der Waals surface area contributed by atoms with Crippen LogP contribution in [0.3, 0.4) is 0 Å². The van der Waals surface area contributed by atoms with Gasteiger partial charge in [0.05, 0.1) is 17.5 Å². The van der Waals surface area contributed by atoms with E-state index in [9.17, 15) is 9.18 Å². The average molecular weight is 340 g/mol. The molecule has 0 amide bonds. The molecule has 0 saturated heterocycles. The van der Waals surface area contributed by atoms with Crippen molar-refractivity contribution in [2.24, 2.45) is 0 Å². The summed E-state index contributed by atoms with van der Waals surface area (Å²) in [5, 5.41) is 0. The van der Waals surface area contributed by atoms with E-state index in [2.05, 4.69) is 19.9 Å². The van der Waals surface area contributed by atoms with Crippen molar-refractivity contribution in [1.82, 2.24) is 19.9 Å². The number of nitrogens with zero attached hydrogens (tertiary/aromatic N) is 3. The lowest BCUT2D eigenvalue weighted by molar-refractivity contribution is 0.241. The fourth-order valence-electron chi connectivity index (χ4n) is 3.11. The van der Waals surface area contributed by atoms with Gasteiger partial charge in [-0.2, -0.15) is 4.39 Å². The Hall–Kier alpha value is -2.80. The maximum absolute atomic E-state index is 13.1. The number of aromatic amines is 1. The summed E-state index contributed by atoms with van der Waals surface area (Å²) >= 11 is 0. The summed E-state index contributed by atoms with van der Waals surface area (Å²) in [6.45, 7) is 3.70. The molecule has 0 unspecified atom stereocenters. The third-order valence-corrected chi connectivity index (χ3v) is 4.46. The van der Waals surface area contributed by atoms with Crippen LogP contribution in [0.25, 0.3) is 11.6 Å². The zero-order valence-corrected chi connectivity index (χ0v) is 13.8. The molecular formula is C18H17FN4O2. The summed E-state index contributed by atoms with van der Waals surface area (Å²) in [6.07, 6.45) is 2.23. The first-order chi connectivity index (χ1) is 12.1. The van der Waals surface area contributed by atoms with Gasteiger partial charge >= 0.3 is 0 Å². The largest absolute Gasteiger partial charge is 0.461 e. The minimum atomic E-state index is -0.476. The second-order valence-corrected chi connectivity index (χ2v) is 6.16. The summed E-state index contributed by atoms with van der Waals surface area (Å²) in [6, 6.07) is 6.64. The Morgan fingerprint density at radius 3 is 2.96 bits per heavy atom. The van der Waals surface area contributed by atoms with E-state index in [1.165, 1.54) is 6.07 Å². The highest BCUT2D eigenvalue weighted by molar-refractivity contribution is 5.47. The standard InChI is InChI=1S/C18H17FN4O2/c1-11-12(4-5-16(19)20-11)9-23-7-6-14-13(10-23)18(24)22-17(21-14)15-3-2-8-25-15/h2-5,8H,6-7,9-10H2,1H3,(H,21,22,24). The summed E-state index contributed by atoms with van der Waals surface area (Å²) in [4.78, 5) is 25.8. The SMILES string of the molecule is Cc1nc(F)ccc1CN1CCc2nc(-c3ccco3)[nH]c(=O)c2C1. The average Bonchev–Trinajstić information content (AvgIpc) is 3.12. The third-order valence-electron chi connectivity index (χ3n) is 4.46. The summed E-state index contributed by atoms with van der Waals surface area (Å²) in [5.41, 5.74) is 2.97. The van der Waals surface area contributed by atoms with E-state index in [-0.39, 0.29) is 5.56 Å². The van der Waals surface area contributed by atoms with Crippen molar-refractivity contribution in [2.45, 2.75) is 26.4 Å². The number of halogens is 1. The van der Waals surface area contributed by atoms with Crippen LogP contribution in [0.4, 0.5) is 4.39 Å². The summed E-state index contributed by atoms with van der Waals surface area (Å²) in [7, 11) is 0. The van der Waals surface area contributed by atoms with Crippen molar-refractivity contribution in [2.75, 3.05) is 6.54 Å². The van der Waals surface area contributed by atoms with Gasteiger partial charge in [0, 0.05) is 31.7 Å². The number of aryl methyl sites for hydroxylation is 1. The lowest BCUT2D eigenvalue weighted by atomic mass is 10.1.